The van der Waals surface area contributed by atoms with Crippen molar-refractivity contribution < 1.29 is 23.0 Å². The minimum atomic E-state index is -0.842. The van der Waals surface area contributed by atoms with E-state index in [1.807, 2.05) is 48.5 Å². The molecule has 1 fully saturated rings. The summed E-state index contributed by atoms with van der Waals surface area (Å²) in [5, 5.41) is 0.653. The van der Waals surface area contributed by atoms with Crippen LogP contribution in [0.15, 0.2) is 66.7 Å². The van der Waals surface area contributed by atoms with Crippen molar-refractivity contribution in [3.63, 3.8) is 0 Å². The summed E-state index contributed by atoms with van der Waals surface area (Å²) in [6.07, 6.45) is -0.213. The van der Waals surface area contributed by atoms with E-state index in [1.165, 1.54) is 6.07 Å². The van der Waals surface area contributed by atoms with E-state index in [0.717, 1.165) is 29.0 Å². The van der Waals surface area contributed by atoms with Crippen LogP contribution in [-0.4, -0.2) is 55.5 Å². The molecule has 4 rings (SSSR count). The van der Waals surface area contributed by atoms with Crippen LogP contribution in [0.25, 0.3) is 0 Å². The minimum Gasteiger partial charge on any atom is -0.497 e. The molecule has 8 heteroatoms. The normalized spacial score (nSPS) is 15.1. The summed E-state index contributed by atoms with van der Waals surface area (Å²) < 4.78 is 38.9. The number of methoxy groups -OCH3 is 1. The van der Waals surface area contributed by atoms with E-state index in [1.54, 1.807) is 12.0 Å². The third kappa shape index (κ3) is 6.57. The molecule has 0 radical (unpaired) electrons. The van der Waals surface area contributed by atoms with Gasteiger partial charge in [-0.2, -0.15) is 0 Å². The third-order valence-electron chi connectivity index (χ3n) is 6.07. The van der Waals surface area contributed by atoms with Gasteiger partial charge in [-0.15, -0.1) is 0 Å². The fourth-order valence-corrected chi connectivity index (χ4v) is 4.22. The minimum absolute atomic E-state index is 0.111. The zero-order valence-corrected chi connectivity index (χ0v) is 20.2. The molecular formula is C27H27ClF2N2O3. The van der Waals surface area contributed by atoms with Crippen LogP contribution in [0.5, 0.6) is 5.75 Å². The number of rotatable bonds is 8. The smallest absolute Gasteiger partial charge is 0.256 e. The second kappa shape index (κ2) is 11.6. The molecule has 0 spiro atoms. The van der Waals surface area contributed by atoms with Gasteiger partial charge in [0, 0.05) is 43.8 Å². The fourth-order valence-electron chi connectivity index (χ4n) is 4.09. The van der Waals surface area contributed by atoms with Gasteiger partial charge in [-0.25, -0.2) is 8.78 Å². The van der Waals surface area contributed by atoms with E-state index in [4.69, 9.17) is 21.1 Å². The molecule has 3 aromatic carbocycles. The number of carbonyl (C=O) groups is 1. The highest BCUT2D eigenvalue weighted by Crippen LogP contribution is 2.24. The molecule has 0 bridgehead atoms. The number of piperazine rings is 1. The van der Waals surface area contributed by atoms with Crippen LogP contribution in [0, 0.1) is 11.6 Å². The van der Waals surface area contributed by atoms with E-state index in [9.17, 15) is 13.6 Å². The lowest BCUT2D eigenvalue weighted by Gasteiger charge is -2.36. The molecule has 1 atom stereocenters. The Kier molecular flexibility index (Phi) is 8.33. The van der Waals surface area contributed by atoms with Crippen molar-refractivity contribution in [3.05, 3.63) is 100 Å². The number of halogens is 3. The molecule has 5 nitrogen and oxygen atoms in total. The maximum atomic E-state index is 14.1. The molecule has 1 aliphatic heterocycles. The first-order valence-electron chi connectivity index (χ1n) is 11.4. The highest BCUT2D eigenvalue weighted by molar-refractivity contribution is 6.30. The summed E-state index contributed by atoms with van der Waals surface area (Å²) >= 11 is 6.08. The Labute approximate surface area is 208 Å². The predicted molar refractivity (Wildman–Crippen MR) is 131 cm³/mol. The molecule has 0 saturated carbocycles. The van der Waals surface area contributed by atoms with Crippen LogP contribution in [0.2, 0.25) is 5.02 Å². The molecule has 1 saturated heterocycles. The largest absolute Gasteiger partial charge is 0.497 e. The van der Waals surface area contributed by atoms with Crippen molar-refractivity contribution in [2.24, 2.45) is 0 Å². The summed E-state index contributed by atoms with van der Waals surface area (Å²) in [6.45, 7) is 3.14. The first-order valence-corrected chi connectivity index (χ1v) is 11.8. The molecule has 184 valence electrons. The van der Waals surface area contributed by atoms with Crippen LogP contribution in [0.4, 0.5) is 8.78 Å². The van der Waals surface area contributed by atoms with Gasteiger partial charge in [-0.05, 0) is 47.5 Å². The monoisotopic (exact) mass is 500 g/mol. The SMILES string of the molecule is COc1cccc(COC(CN2CCN(C(=O)c3ccc(F)cc3F)CC2)c2ccc(Cl)cc2)c1. The highest BCUT2D eigenvalue weighted by Gasteiger charge is 2.26. The van der Waals surface area contributed by atoms with Gasteiger partial charge < -0.3 is 14.4 Å². The molecule has 0 aliphatic carbocycles. The van der Waals surface area contributed by atoms with Crippen LogP contribution in [0.3, 0.4) is 0 Å². The van der Waals surface area contributed by atoms with Crippen molar-refractivity contribution in [3.8, 4) is 5.75 Å². The van der Waals surface area contributed by atoms with Crippen molar-refractivity contribution in [1.82, 2.24) is 9.80 Å². The number of ether oxygens (including phenoxy) is 2. The molecule has 1 heterocycles. The number of hydrogen-bond donors (Lipinski definition) is 0. The van der Waals surface area contributed by atoms with Gasteiger partial charge in [0.05, 0.1) is 25.4 Å². The molecule has 3 aromatic rings. The first-order chi connectivity index (χ1) is 16.9. The maximum Gasteiger partial charge on any atom is 0.256 e. The zero-order chi connectivity index (χ0) is 24.8. The molecule has 1 aliphatic rings. The van der Waals surface area contributed by atoms with E-state index in [-0.39, 0.29) is 11.7 Å². The van der Waals surface area contributed by atoms with E-state index >= 15 is 0 Å². The molecule has 35 heavy (non-hydrogen) atoms. The van der Waals surface area contributed by atoms with Gasteiger partial charge in [-0.3, -0.25) is 9.69 Å². The molecule has 0 aromatic heterocycles. The van der Waals surface area contributed by atoms with Crippen molar-refractivity contribution in [1.29, 1.82) is 0 Å². The van der Waals surface area contributed by atoms with Crippen molar-refractivity contribution in [2.75, 3.05) is 39.8 Å². The topological polar surface area (TPSA) is 42.0 Å². The van der Waals surface area contributed by atoms with Crippen LogP contribution in [0.1, 0.15) is 27.6 Å². The van der Waals surface area contributed by atoms with Gasteiger partial charge in [0.15, 0.2) is 0 Å². The third-order valence-corrected chi connectivity index (χ3v) is 6.32. The average molecular weight is 501 g/mol. The lowest BCUT2D eigenvalue weighted by molar-refractivity contribution is 0.00333. The Bertz CT molecular complexity index is 1150. The maximum absolute atomic E-state index is 14.1. The summed E-state index contributed by atoms with van der Waals surface area (Å²) in [4.78, 5) is 16.5. The quantitative estimate of drug-likeness (QED) is 0.418. The van der Waals surface area contributed by atoms with Gasteiger partial charge in [0.2, 0.25) is 0 Å². The molecule has 0 N–H and O–H groups in total. The summed E-state index contributed by atoms with van der Waals surface area (Å²) in [5.74, 6) is -1.20. The fraction of sp³-hybridized carbons (Fsp3) is 0.296. The number of carbonyl (C=O) groups excluding carboxylic acids is 1. The number of amides is 1. The Morgan fingerprint density at radius 1 is 1.00 bits per heavy atom. The first kappa shape index (κ1) is 25.1. The van der Waals surface area contributed by atoms with Crippen molar-refractivity contribution >= 4 is 17.5 Å². The van der Waals surface area contributed by atoms with Gasteiger partial charge in [0.25, 0.3) is 5.91 Å². The summed E-state index contributed by atoms with van der Waals surface area (Å²) in [7, 11) is 1.63. The second-order valence-electron chi connectivity index (χ2n) is 8.42. The number of benzene rings is 3. The predicted octanol–water partition coefficient (Wildman–Crippen LogP) is 5.34. The lowest BCUT2D eigenvalue weighted by Crippen LogP contribution is -2.49. The highest BCUT2D eigenvalue weighted by atomic mass is 35.5. The Morgan fingerprint density at radius 3 is 2.43 bits per heavy atom. The number of hydrogen-bond acceptors (Lipinski definition) is 4. The van der Waals surface area contributed by atoms with E-state index < -0.39 is 17.5 Å². The van der Waals surface area contributed by atoms with Crippen LogP contribution in [-0.2, 0) is 11.3 Å². The van der Waals surface area contributed by atoms with Crippen molar-refractivity contribution in [2.45, 2.75) is 12.7 Å². The van der Waals surface area contributed by atoms with Crippen LogP contribution < -0.4 is 4.74 Å². The second-order valence-corrected chi connectivity index (χ2v) is 8.86. The number of nitrogens with zero attached hydrogens (tertiary/aromatic N) is 2. The average Bonchev–Trinajstić information content (AvgIpc) is 2.87. The zero-order valence-electron chi connectivity index (χ0n) is 19.4. The van der Waals surface area contributed by atoms with Gasteiger partial charge in [0.1, 0.15) is 17.4 Å². The summed E-state index contributed by atoms with van der Waals surface area (Å²) in [5.41, 5.74) is 1.89. The molecular weight excluding hydrogens is 474 g/mol. The van der Waals surface area contributed by atoms with E-state index in [2.05, 4.69) is 4.90 Å². The van der Waals surface area contributed by atoms with Crippen LogP contribution >= 0.6 is 11.6 Å². The molecule has 1 unspecified atom stereocenters. The standard InChI is InChI=1S/C27H27ClF2N2O3/c1-34-23-4-2-3-19(15-23)18-35-26(20-5-7-21(28)8-6-20)17-31-11-13-32(14-12-31)27(33)24-10-9-22(29)16-25(24)30/h2-10,15-16,26H,11-14,17-18H2,1H3. The summed E-state index contributed by atoms with van der Waals surface area (Å²) in [6, 6.07) is 18.4. The Hall–Kier alpha value is -3.00. The molecule has 1 amide bonds. The lowest BCUT2D eigenvalue weighted by atomic mass is 10.1. The van der Waals surface area contributed by atoms with E-state index in [0.29, 0.717) is 44.4 Å². The van der Waals surface area contributed by atoms with Gasteiger partial charge >= 0.3 is 0 Å². The van der Waals surface area contributed by atoms with Gasteiger partial charge in [-0.1, -0.05) is 35.9 Å². The Morgan fingerprint density at radius 2 is 1.74 bits per heavy atom. The Balaban J connectivity index is 1.40.